The molecule has 0 spiro atoms. The summed E-state index contributed by atoms with van der Waals surface area (Å²) in [5, 5.41) is 2.64. The minimum Gasteiger partial charge on any atom is -0.0776 e. The minimum atomic E-state index is 0. The van der Waals surface area contributed by atoms with Crippen molar-refractivity contribution in [1.29, 1.82) is 0 Å². The fourth-order valence-corrected chi connectivity index (χ4v) is 3.28. The molecule has 0 unspecified atom stereocenters. The van der Waals surface area contributed by atoms with Crippen molar-refractivity contribution < 1.29 is 0 Å². The molecule has 0 radical (unpaired) electrons. The van der Waals surface area contributed by atoms with Gasteiger partial charge in [-0.05, 0) is 64.8 Å². The van der Waals surface area contributed by atoms with E-state index >= 15 is 0 Å². The summed E-state index contributed by atoms with van der Waals surface area (Å²) in [5.41, 5.74) is 5.80. The molecule has 0 saturated heterocycles. The predicted molar refractivity (Wildman–Crippen MR) is 92.8 cm³/mol. The van der Waals surface area contributed by atoms with Gasteiger partial charge in [0.15, 0.2) is 0 Å². The maximum absolute atomic E-state index is 2.40. The van der Waals surface area contributed by atoms with E-state index in [0.717, 1.165) is 0 Å². The standard InChI is InChI=1S/C20H18.CH4/c1-3-7-17-13-19(11-9-15(17)5-1)20-12-10-16-6-2-4-8-18(16)14-20;/h1,3,5,7,9-14H,2,4,6,8H2;1H4. The van der Waals surface area contributed by atoms with Crippen molar-refractivity contribution in [3.63, 3.8) is 0 Å². The molecule has 106 valence electrons. The SMILES string of the molecule is C.c1ccc2cc(-c3ccc4c(c3)CCCC4)ccc2c1. The van der Waals surface area contributed by atoms with E-state index in [9.17, 15) is 0 Å². The lowest BCUT2D eigenvalue weighted by Gasteiger charge is -2.16. The Kier molecular flexibility index (Phi) is 3.79. The highest BCUT2D eigenvalue weighted by Crippen LogP contribution is 2.29. The zero-order chi connectivity index (χ0) is 13.4. The van der Waals surface area contributed by atoms with Gasteiger partial charge in [-0.2, -0.15) is 0 Å². The maximum atomic E-state index is 2.40. The Morgan fingerprint density at radius 3 is 2.10 bits per heavy atom. The number of rotatable bonds is 1. The summed E-state index contributed by atoms with van der Waals surface area (Å²) in [4.78, 5) is 0. The van der Waals surface area contributed by atoms with Crippen LogP contribution in [0.2, 0.25) is 0 Å². The van der Waals surface area contributed by atoms with E-state index in [0.29, 0.717) is 0 Å². The fraction of sp³-hybridized carbons (Fsp3) is 0.238. The Bertz CT molecular complexity index is 768. The van der Waals surface area contributed by atoms with Crippen LogP contribution in [0.15, 0.2) is 60.7 Å². The van der Waals surface area contributed by atoms with Gasteiger partial charge in [0.05, 0.1) is 0 Å². The first-order chi connectivity index (χ1) is 9.90. The first-order valence-electron chi connectivity index (χ1n) is 7.51. The number of aryl methyl sites for hydroxylation is 2. The largest absolute Gasteiger partial charge is 0.0776 e. The fourth-order valence-electron chi connectivity index (χ4n) is 3.28. The second kappa shape index (κ2) is 5.73. The maximum Gasteiger partial charge on any atom is -0.0178 e. The molecule has 0 atom stereocenters. The zero-order valence-electron chi connectivity index (χ0n) is 11.6. The molecule has 0 heterocycles. The van der Waals surface area contributed by atoms with Crippen molar-refractivity contribution in [2.24, 2.45) is 0 Å². The average Bonchev–Trinajstić information content (AvgIpc) is 2.54. The van der Waals surface area contributed by atoms with Gasteiger partial charge in [0, 0.05) is 0 Å². The molecular weight excluding hydrogens is 252 g/mol. The van der Waals surface area contributed by atoms with E-state index in [1.807, 2.05) is 0 Å². The normalized spacial score (nSPS) is 13.5. The third-order valence-electron chi connectivity index (χ3n) is 4.43. The first-order valence-corrected chi connectivity index (χ1v) is 7.51. The highest BCUT2D eigenvalue weighted by molar-refractivity contribution is 5.87. The van der Waals surface area contributed by atoms with Crippen molar-refractivity contribution >= 4 is 10.8 Å². The number of benzene rings is 3. The predicted octanol–water partition coefficient (Wildman–Crippen LogP) is 6.02. The van der Waals surface area contributed by atoms with Crippen LogP contribution in [0.5, 0.6) is 0 Å². The van der Waals surface area contributed by atoms with Gasteiger partial charge >= 0.3 is 0 Å². The first kappa shape index (κ1) is 13.9. The van der Waals surface area contributed by atoms with Gasteiger partial charge < -0.3 is 0 Å². The number of fused-ring (bicyclic) bond motifs is 2. The summed E-state index contributed by atoms with van der Waals surface area (Å²) in [7, 11) is 0. The molecule has 0 heteroatoms. The summed E-state index contributed by atoms with van der Waals surface area (Å²) in [6.45, 7) is 0. The van der Waals surface area contributed by atoms with Crippen molar-refractivity contribution in [2.75, 3.05) is 0 Å². The number of hydrogen-bond acceptors (Lipinski definition) is 0. The Morgan fingerprint density at radius 2 is 1.24 bits per heavy atom. The molecule has 1 aliphatic rings. The third-order valence-corrected chi connectivity index (χ3v) is 4.43. The second-order valence-electron chi connectivity index (χ2n) is 5.75. The molecule has 21 heavy (non-hydrogen) atoms. The van der Waals surface area contributed by atoms with Gasteiger partial charge in [-0.25, -0.2) is 0 Å². The van der Waals surface area contributed by atoms with Crippen molar-refractivity contribution in [3.8, 4) is 11.1 Å². The molecular formula is C21H22. The second-order valence-corrected chi connectivity index (χ2v) is 5.75. The summed E-state index contributed by atoms with van der Waals surface area (Å²) in [5.74, 6) is 0. The van der Waals surface area contributed by atoms with Gasteiger partial charge in [0.25, 0.3) is 0 Å². The van der Waals surface area contributed by atoms with E-state index in [1.165, 1.54) is 47.6 Å². The monoisotopic (exact) mass is 274 g/mol. The van der Waals surface area contributed by atoms with E-state index in [2.05, 4.69) is 60.7 Å². The molecule has 4 rings (SSSR count). The molecule has 1 aliphatic carbocycles. The Labute approximate surface area is 127 Å². The molecule has 0 N–H and O–H groups in total. The molecule has 0 aliphatic heterocycles. The Balaban J connectivity index is 0.00000132. The van der Waals surface area contributed by atoms with Crippen LogP contribution in [0.25, 0.3) is 21.9 Å². The Hall–Kier alpha value is -2.08. The molecule has 3 aromatic rings. The van der Waals surface area contributed by atoms with Crippen LogP contribution < -0.4 is 0 Å². The van der Waals surface area contributed by atoms with Crippen molar-refractivity contribution in [3.05, 3.63) is 71.8 Å². The smallest absolute Gasteiger partial charge is 0.0178 e. The number of hydrogen-bond donors (Lipinski definition) is 0. The Morgan fingerprint density at radius 1 is 0.571 bits per heavy atom. The van der Waals surface area contributed by atoms with E-state index in [1.54, 1.807) is 11.1 Å². The van der Waals surface area contributed by atoms with Crippen molar-refractivity contribution in [2.45, 2.75) is 33.1 Å². The zero-order valence-corrected chi connectivity index (χ0v) is 11.6. The van der Waals surface area contributed by atoms with Crippen LogP contribution in [0.4, 0.5) is 0 Å². The van der Waals surface area contributed by atoms with Crippen LogP contribution in [0.1, 0.15) is 31.4 Å². The van der Waals surface area contributed by atoms with Gasteiger partial charge in [0.2, 0.25) is 0 Å². The topological polar surface area (TPSA) is 0 Å². The average molecular weight is 274 g/mol. The van der Waals surface area contributed by atoms with Gasteiger partial charge in [-0.1, -0.05) is 62.0 Å². The van der Waals surface area contributed by atoms with Crippen LogP contribution in [0, 0.1) is 0 Å². The summed E-state index contributed by atoms with van der Waals surface area (Å²) in [6.07, 6.45) is 5.20. The van der Waals surface area contributed by atoms with E-state index in [-0.39, 0.29) is 7.43 Å². The minimum absolute atomic E-state index is 0. The van der Waals surface area contributed by atoms with Crippen LogP contribution in [-0.2, 0) is 12.8 Å². The summed E-state index contributed by atoms with van der Waals surface area (Å²) in [6, 6.07) is 22.4. The van der Waals surface area contributed by atoms with Gasteiger partial charge in [-0.3, -0.25) is 0 Å². The van der Waals surface area contributed by atoms with E-state index < -0.39 is 0 Å². The van der Waals surface area contributed by atoms with Gasteiger partial charge in [-0.15, -0.1) is 0 Å². The van der Waals surface area contributed by atoms with Crippen LogP contribution >= 0.6 is 0 Å². The highest BCUT2D eigenvalue weighted by Gasteiger charge is 2.10. The molecule has 0 amide bonds. The lowest BCUT2D eigenvalue weighted by Crippen LogP contribution is -2.02. The van der Waals surface area contributed by atoms with Crippen LogP contribution in [0.3, 0.4) is 0 Å². The van der Waals surface area contributed by atoms with Crippen molar-refractivity contribution in [1.82, 2.24) is 0 Å². The molecule has 0 bridgehead atoms. The van der Waals surface area contributed by atoms with E-state index in [4.69, 9.17) is 0 Å². The molecule has 0 nitrogen and oxygen atoms in total. The van der Waals surface area contributed by atoms with Crippen LogP contribution in [-0.4, -0.2) is 0 Å². The quantitative estimate of drug-likeness (QED) is 0.509. The molecule has 0 aromatic heterocycles. The third kappa shape index (κ3) is 2.58. The lowest BCUT2D eigenvalue weighted by molar-refractivity contribution is 0.686. The lowest BCUT2D eigenvalue weighted by atomic mass is 9.89. The van der Waals surface area contributed by atoms with Gasteiger partial charge in [0.1, 0.15) is 0 Å². The molecule has 0 saturated carbocycles. The molecule has 3 aromatic carbocycles. The molecule has 0 fully saturated rings. The summed E-state index contributed by atoms with van der Waals surface area (Å²) < 4.78 is 0. The summed E-state index contributed by atoms with van der Waals surface area (Å²) >= 11 is 0. The highest BCUT2D eigenvalue weighted by atomic mass is 14.1.